The number of carbonyl (C=O) groups excluding carboxylic acids is 1. The smallest absolute Gasteiger partial charge is 0.228 e. The number of hydrogen-bond acceptors (Lipinski definition) is 5. The number of aromatic nitrogens is 2. The molecule has 1 atom stereocenters. The number of rotatable bonds is 6. The number of carbonyl (C=O) groups is 1. The molecule has 1 aromatic rings. The Bertz CT molecular complexity index is 541. The summed E-state index contributed by atoms with van der Waals surface area (Å²) in [4.78, 5) is 14.0. The van der Waals surface area contributed by atoms with Gasteiger partial charge in [0.2, 0.25) is 5.91 Å². The average Bonchev–Trinajstić information content (AvgIpc) is 3.00. The van der Waals surface area contributed by atoms with E-state index in [0.29, 0.717) is 19.6 Å². The normalized spacial score (nSPS) is 20.9. The van der Waals surface area contributed by atoms with Crippen molar-refractivity contribution in [2.45, 2.75) is 18.9 Å². The summed E-state index contributed by atoms with van der Waals surface area (Å²) < 4.78 is 28.2. The lowest BCUT2D eigenvalue weighted by Crippen LogP contribution is -2.43. The molecule has 1 unspecified atom stereocenters. The summed E-state index contributed by atoms with van der Waals surface area (Å²) in [6.45, 7) is 0.801. The number of methoxy groups -OCH3 is 1. The van der Waals surface area contributed by atoms with Gasteiger partial charge in [-0.1, -0.05) is 0 Å². The largest absolute Gasteiger partial charge is 0.383 e. The van der Waals surface area contributed by atoms with E-state index in [-0.39, 0.29) is 29.9 Å². The Morgan fingerprint density at radius 2 is 2.40 bits per heavy atom. The first-order chi connectivity index (χ1) is 9.52. The Hall–Kier alpha value is -1.41. The van der Waals surface area contributed by atoms with E-state index in [0.717, 1.165) is 5.69 Å². The Balaban J connectivity index is 2.04. The lowest BCUT2D eigenvalue weighted by molar-refractivity contribution is -0.133. The number of nitrogens with zero attached hydrogens (tertiary/aromatic N) is 2. The third kappa shape index (κ3) is 3.80. The van der Waals surface area contributed by atoms with Crippen molar-refractivity contribution in [3.05, 3.63) is 18.0 Å². The third-order valence-electron chi connectivity index (χ3n) is 3.41. The number of aromatic amines is 1. The highest BCUT2D eigenvalue weighted by Gasteiger charge is 2.34. The minimum absolute atomic E-state index is 0.0471. The van der Waals surface area contributed by atoms with Gasteiger partial charge in [-0.3, -0.25) is 9.89 Å². The van der Waals surface area contributed by atoms with Gasteiger partial charge in [0.15, 0.2) is 9.84 Å². The van der Waals surface area contributed by atoms with Crippen LogP contribution in [-0.4, -0.2) is 67.2 Å². The van der Waals surface area contributed by atoms with E-state index in [2.05, 4.69) is 10.2 Å². The molecule has 1 aliphatic heterocycles. The number of sulfone groups is 1. The van der Waals surface area contributed by atoms with E-state index < -0.39 is 9.84 Å². The molecule has 0 saturated carbocycles. The van der Waals surface area contributed by atoms with Crippen molar-refractivity contribution in [3.63, 3.8) is 0 Å². The Kier molecular flexibility index (Phi) is 4.77. The third-order valence-corrected chi connectivity index (χ3v) is 5.16. The van der Waals surface area contributed by atoms with E-state index >= 15 is 0 Å². The predicted octanol–water partition coefficient (Wildman–Crippen LogP) is -0.386. The summed E-state index contributed by atoms with van der Waals surface area (Å²) >= 11 is 0. The molecule has 8 heteroatoms. The van der Waals surface area contributed by atoms with Gasteiger partial charge in [0.25, 0.3) is 0 Å². The molecule has 20 heavy (non-hydrogen) atoms. The molecular formula is C12H19N3O4S. The van der Waals surface area contributed by atoms with Gasteiger partial charge in [0.05, 0.1) is 24.5 Å². The molecule has 2 rings (SSSR count). The second-order valence-electron chi connectivity index (χ2n) is 4.90. The summed E-state index contributed by atoms with van der Waals surface area (Å²) in [5.74, 6) is 0.0950. The van der Waals surface area contributed by atoms with Crippen LogP contribution in [0.4, 0.5) is 0 Å². The molecule has 1 N–H and O–H groups in total. The minimum atomic E-state index is -3.02. The predicted molar refractivity (Wildman–Crippen MR) is 72.9 cm³/mol. The molecule has 1 aliphatic rings. The molecule has 1 aromatic heterocycles. The van der Waals surface area contributed by atoms with Gasteiger partial charge in [0.1, 0.15) is 0 Å². The van der Waals surface area contributed by atoms with E-state index in [4.69, 9.17) is 4.74 Å². The molecule has 7 nitrogen and oxygen atoms in total. The van der Waals surface area contributed by atoms with Crippen LogP contribution < -0.4 is 0 Å². The Morgan fingerprint density at radius 1 is 1.60 bits per heavy atom. The number of hydrogen-bond donors (Lipinski definition) is 1. The number of nitrogens with one attached hydrogen (secondary N) is 1. The van der Waals surface area contributed by atoms with Crippen LogP contribution in [0.1, 0.15) is 12.1 Å². The number of amides is 1. The molecule has 0 spiro atoms. The van der Waals surface area contributed by atoms with E-state index in [1.165, 1.54) is 0 Å². The summed E-state index contributed by atoms with van der Waals surface area (Å²) in [6.07, 6.45) is 2.28. The fourth-order valence-corrected chi connectivity index (χ4v) is 4.10. The Labute approximate surface area is 118 Å². The van der Waals surface area contributed by atoms with Crippen LogP contribution in [-0.2, 0) is 25.8 Å². The highest BCUT2D eigenvalue weighted by molar-refractivity contribution is 7.91. The molecule has 1 saturated heterocycles. The highest BCUT2D eigenvalue weighted by atomic mass is 32.2. The standard InChI is InChI=1S/C12H19N3O4S/c1-19-6-5-15(11-3-7-20(17,18)9-11)12(16)8-10-2-4-13-14-10/h2,4,11H,3,5-9H2,1H3,(H,13,14). The average molecular weight is 301 g/mol. The van der Waals surface area contributed by atoms with Crippen molar-refractivity contribution in [3.8, 4) is 0 Å². The van der Waals surface area contributed by atoms with Crippen LogP contribution >= 0.6 is 0 Å². The van der Waals surface area contributed by atoms with Crippen LogP contribution in [0.25, 0.3) is 0 Å². The lowest BCUT2D eigenvalue weighted by atomic mass is 10.2. The number of H-pyrrole nitrogens is 1. The van der Waals surface area contributed by atoms with Gasteiger partial charge in [-0.15, -0.1) is 0 Å². The molecule has 2 heterocycles. The summed E-state index contributed by atoms with van der Waals surface area (Å²) in [5, 5.41) is 6.54. The molecule has 0 radical (unpaired) electrons. The van der Waals surface area contributed by atoms with Gasteiger partial charge in [-0.05, 0) is 12.5 Å². The fourth-order valence-electron chi connectivity index (χ4n) is 2.37. The maximum absolute atomic E-state index is 12.3. The second-order valence-corrected chi connectivity index (χ2v) is 7.12. The number of ether oxygens (including phenoxy) is 1. The van der Waals surface area contributed by atoms with Crippen molar-refractivity contribution in [1.29, 1.82) is 0 Å². The zero-order valence-corrected chi connectivity index (χ0v) is 12.2. The van der Waals surface area contributed by atoms with Crippen molar-refractivity contribution in [1.82, 2.24) is 15.1 Å². The topological polar surface area (TPSA) is 92.4 Å². The first kappa shape index (κ1) is 15.0. The van der Waals surface area contributed by atoms with Crippen LogP contribution in [0.5, 0.6) is 0 Å². The van der Waals surface area contributed by atoms with Gasteiger partial charge in [-0.2, -0.15) is 5.10 Å². The van der Waals surface area contributed by atoms with Gasteiger partial charge >= 0.3 is 0 Å². The summed E-state index contributed by atoms with van der Waals surface area (Å²) in [6, 6.07) is 1.49. The molecule has 0 aromatic carbocycles. The second kappa shape index (κ2) is 6.36. The van der Waals surface area contributed by atoms with Crippen molar-refractivity contribution < 1.29 is 17.9 Å². The zero-order chi connectivity index (χ0) is 14.6. The fraction of sp³-hybridized carbons (Fsp3) is 0.667. The van der Waals surface area contributed by atoms with Crippen molar-refractivity contribution >= 4 is 15.7 Å². The molecule has 1 fully saturated rings. The maximum atomic E-state index is 12.3. The van der Waals surface area contributed by atoms with Crippen LogP contribution in [0.15, 0.2) is 12.3 Å². The first-order valence-electron chi connectivity index (χ1n) is 6.49. The lowest BCUT2D eigenvalue weighted by Gasteiger charge is -2.28. The SMILES string of the molecule is COCCN(C(=O)Cc1ccn[nH]1)C1CCS(=O)(=O)C1. The van der Waals surface area contributed by atoms with Crippen LogP contribution in [0.3, 0.4) is 0 Å². The molecular weight excluding hydrogens is 282 g/mol. The highest BCUT2D eigenvalue weighted by Crippen LogP contribution is 2.18. The maximum Gasteiger partial charge on any atom is 0.228 e. The summed E-state index contributed by atoms with van der Waals surface area (Å²) in [5.41, 5.74) is 0.721. The van der Waals surface area contributed by atoms with Crippen LogP contribution in [0.2, 0.25) is 0 Å². The molecule has 0 bridgehead atoms. The van der Waals surface area contributed by atoms with E-state index in [1.807, 2.05) is 0 Å². The van der Waals surface area contributed by atoms with E-state index in [1.54, 1.807) is 24.3 Å². The van der Waals surface area contributed by atoms with Gasteiger partial charge < -0.3 is 9.64 Å². The molecule has 0 aliphatic carbocycles. The molecule has 1 amide bonds. The Morgan fingerprint density at radius 3 is 2.95 bits per heavy atom. The summed E-state index contributed by atoms with van der Waals surface area (Å²) in [7, 11) is -1.46. The van der Waals surface area contributed by atoms with Crippen LogP contribution in [0, 0.1) is 0 Å². The minimum Gasteiger partial charge on any atom is -0.383 e. The van der Waals surface area contributed by atoms with Gasteiger partial charge in [-0.25, -0.2) is 8.42 Å². The zero-order valence-electron chi connectivity index (χ0n) is 11.4. The van der Waals surface area contributed by atoms with Crippen molar-refractivity contribution in [2.24, 2.45) is 0 Å². The van der Waals surface area contributed by atoms with Crippen molar-refractivity contribution in [2.75, 3.05) is 31.8 Å². The van der Waals surface area contributed by atoms with E-state index in [9.17, 15) is 13.2 Å². The quantitative estimate of drug-likeness (QED) is 0.773. The monoisotopic (exact) mass is 301 g/mol. The van der Waals surface area contributed by atoms with Gasteiger partial charge in [0, 0.05) is 31.6 Å². The molecule has 112 valence electrons. The first-order valence-corrected chi connectivity index (χ1v) is 8.31.